The Morgan fingerprint density at radius 1 is 0.300 bits per heavy atom. The molecule has 0 radical (unpaired) electrons. The van der Waals surface area contributed by atoms with Crippen LogP contribution in [0.25, 0.3) is 108 Å². The molecule has 0 nitrogen and oxygen atoms in total. The molecule has 0 atom stereocenters. The number of hydrogen-bond acceptors (Lipinski definition) is 0. The van der Waals surface area contributed by atoms with Crippen molar-refractivity contribution in [3.05, 3.63) is 127 Å². The van der Waals surface area contributed by atoms with Crippen molar-refractivity contribution in [2.45, 2.75) is 41.5 Å². The van der Waals surface area contributed by atoms with Gasteiger partial charge in [0, 0.05) is 8.95 Å². The second-order valence-electron chi connectivity index (χ2n) is 15.0. The fourth-order valence-corrected chi connectivity index (χ4v) is 11.6. The van der Waals surface area contributed by atoms with Crippen LogP contribution in [0.15, 0.2) is 93.9 Å². The van der Waals surface area contributed by atoms with E-state index < -0.39 is 0 Å². The summed E-state index contributed by atoms with van der Waals surface area (Å²) in [5.74, 6) is 0. The van der Waals surface area contributed by atoms with Gasteiger partial charge in [-0.15, -0.1) is 0 Å². The normalized spacial score (nSPS) is 12.8. The molecule has 0 aliphatic rings. The third-order valence-electron chi connectivity index (χ3n) is 11.9. The summed E-state index contributed by atoms with van der Waals surface area (Å²) < 4.78 is 2.24. The maximum atomic E-state index is 4.09. The van der Waals surface area contributed by atoms with Gasteiger partial charge in [0.2, 0.25) is 0 Å². The van der Waals surface area contributed by atoms with E-state index in [1.807, 2.05) is 0 Å². The van der Waals surface area contributed by atoms with E-state index in [1.165, 1.54) is 142 Å². The predicted octanol–water partition coefficient (Wildman–Crippen LogP) is 15.4. The monoisotopic (exact) mass is 766 g/mol. The third-order valence-corrected chi connectivity index (χ3v) is 14.1. The molecular weight excluding hydrogens is 736 g/mol. The van der Waals surface area contributed by atoms with Gasteiger partial charge in [0.1, 0.15) is 0 Å². The van der Waals surface area contributed by atoms with Crippen LogP contribution in [0.5, 0.6) is 0 Å². The van der Waals surface area contributed by atoms with Gasteiger partial charge in [-0.25, -0.2) is 0 Å². The van der Waals surface area contributed by atoms with Crippen molar-refractivity contribution in [1.29, 1.82) is 0 Å². The summed E-state index contributed by atoms with van der Waals surface area (Å²) in [6.45, 7) is 13.6. The van der Waals surface area contributed by atoms with Gasteiger partial charge in [-0.1, -0.05) is 96.1 Å². The van der Waals surface area contributed by atoms with Gasteiger partial charge in [-0.3, -0.25) is 0 Å². The Labute approximate surface area is 307 Å². The fourth-order valence-electron chi connectivity index (χ4n) is 10.5. The summed E-state index contributed by atoms with van der Waals surface area (Å²) in [6, 6.07) is 33.1. The highest BCUT2D eigenvalue weighted by Gasteiger charge is 2.30. The lowest BCUT2D eigenvalue weighted by atomic mass is 9.74. The maximum Gasteiger partial charge on any atom is 0.0402 e. The van der Waals surface area contributed by atoms with Crippen LogP contribution in [0.2, 0.25) is 0 Å². The Kier molecular flexibility index (Phi) is 5.63. The Bertz CT molecular complexity index is 3000. The SMILES string of the molecule is Cc1cc(C)c(-c2c3cccc4c5cccc6c(-c7c(C)cc(C)cc7C)c7ccc8c(Br)c(Br)c9ccc2c2c9c8c7c(c65)c2c34)c(C)c1. The molecule has 0 spiro atoms. The molecule has 11 aromatic carbocycles. The zero-order valence-corrected chi connectivity index (χ0v) is 32.0. The lowest BCUT2D eigenvalue weighted by Gasteiger charge is -2.29. The first-order chi connectivity index (χ1) is 24.2. The summed E-state index contributed by atoms with van der Waals surface area (Å²) in [5, 5.41) is 21.7. The van der Waals surface area contributed by atoms with Crippen LogP contribution in [-0.4, -0.2) is 0 Å². The molecule has 0 saturated heterocycles. The summed E-state index contributed by atoms with van der Waals surface area (Å²) >= 11 is 8.18. The molecule has 0 aliphatic carbocycles. The van der Waals surface area contributed by atoms with Gasteiger partial charge in [-0.05, 0) is 204 Å². The van der Waals surface area contributed by atoms with Crippen molar-refractivity contribution in [3.8, 4) is 22.3 Å². The molecule has 50 heavy (non-hydrogen) atoms. The van der Waals surface area contributed by atoms with E-state index in [0.717, 1.165) is 8.95 Å². The van der Waals surface area contributed by atoms with Gasteiger partial charge in [0.25, 0.3) is 0 Å². The summed E-state index contributed by atoms with van der Waals surface area (Å²) in [5.41, 5.74) is 13.4. The van der Waals surface area contributed by atoms with Gasteiger partial charge >= 0.3 is 0 Å². The predicted molar refractivity (Wildman–Crippen MR) is 226 cm³/mol. The number of halogens is 2. The smallest absolute Gasteiger partial charge is 0.0402 e. The second kappa shape index (κ2) is 9.63. The van der Waals surface area contributed by atoms with Crippen LogP contribution in [0.3, 0.4) is 0 Å². The minimum Gasteiger partial charge on any atom is -0.0610 e. The average Bonchev–Trinajstić information content (AvgIpc) is 3.08. The number of hydrogen-bond donors (Lipinski definition) is 0. The minimum atomic E-state index is 1.12. The maximum absolute atomic E-state index is 4.09. The molecule has 0 N–H and O–H groups in total. The molecule has 0 amide bonds. The average molecular weight is 769 g/mol. The Balaban J connectivity index is 1.54. The molecule has 2 heteroatoms. The van der Waals surface area contributed by atoms with Crippen molar-refractivity contribution in [3.63, 3.8) is 0 Å². The zero-order chi connectivity index (χ0) is 34.1. The first-order valence-corrected chi connectivity index (χ1v) is 19.1. The van der Waals surface area contributed by atoms with Crippen molar-refractivity contribution in [1.82, 2.24) is 0 Å². The van der Waals surface area contributed by atoms with Gasteiger partial charge in [0.05, 0.1) is 0 Å². The van der Waals surface area contributed by atoms with E-state index >= 15 is 0 Å². The largest absolute Gasteiger partial charge is 0.0610 e. The molecule has 11 aromatic rings. The van der Waals surface area contributed by atoms with Gasteiger partial charge in [-0.2, -0.15) is 0 Å². The van der Waals surface area contributed by atoms with Crippen LogP contribution < -0.4 is 0 Å². The van der Waals surface area contributed by atoms with E-state index in [1.54, 1.807) is 0 Å². The molecule has 11 rings (SSSR count). The third kappa shape index (κ3) is 3.33. The van der Waals surface area contributed by atoms with Crippen molar-refractivity contribution in [2.24, 2.45) is 0 Å². The minimum absolute atomic E-state index is 1.12. The molecule has 0 bridgehead atoms. The van der Waals surface area contributed by atoms with Crippen LogP contribution in [-0.2, 0) is 0 Å². The standard InChI is InChI=1S/C48H32Br2/c1-21-17-23(3)35(24(4)18-21)39-29-11-7-9-27-28-10-8-12-30-38(28)46-42-32(40(30)36-25(5)19-22(2)20-26(36)6)14-16-34-44(42)43-33(47(49)48(34)50)15-13-31(39)41(43)45(46)37(27)29/h7-20H,1-6H3. The Hall–Kier alpha value is -4.50. The van der Waals surface area contributed by atoms with Crippen LogP contribution in [0.1, 0.15) is 33.4 Å². The first kappa shape index (κ1) is 29.3. The zero-order valence-electron chi connectivity index (χ0n) is 28.8. The van der Waals surface area contributed by atoms with Crippen molar-refractivity contribution < 1.29 is 0 Å². The van der Waals surface area contributed by atoms with Crippen molar-refractivity contribution >= 4 is 118 Å². The second-order valence-corrected chi connectivity index (χ2v) is 16.5. The quantitative estimate of drug-likeness (QED) is 0.121. The fraction of sp³-hybridized carbons (Fsp3) is 0.125. The summed E-state index contributed by atoms with van der Waals surface area (Å²) in [6.07, 6.45) is 0. The van der Waals surface area contributed by atoms with Crippen LogP contribution >= 0.6 is 31.9 Å². The first-order valence-electron chi connectivity index (χ1n) is 17.5. The van der Waals surface area contributed by atoms with E-state index in [2.05, 4.69) is 158 Å². The molecule has 0 saturated carbocycles. The number of aryl methyl sites for hydroxylation is 6. The molecular formula is C48H32Br2. The van der Waals surface area contributed by atoms with E-state index in [9.17, 15) is 0 Å². The molecule has 0 unspecified atom stereocenters. The summed E-state index contributed by atoms with van der Waals surface area (Å²) in [7, 11) is 0. The van der Waals surface area contributed by atoms with Crippen LogP contribution in [0, 0.1) is 41.5 Å². The number of rotatable bonds is 2. The molecule has 0 fully saturated rings. The highest BCUT2D eigenvalue weighted by Crippen LogP contribution is 2.59. The summed E-state index contributed by atoms with van der Waals surface area (Å²) in [4.78, 5) is 0. The molecule has 0 aromatic heterocycles. The van der Waals surface area contributed by atoms with Gasteiger partial charge in [0.15, 0.2) is 0 Å². The number of fused-ring (bicyclic) bond motifs is 1. The topological polar surface area (TPSA) is 0 Å². The highest BCUT2D eigenvalue weighted by molar-refractivity contribution is 9.13. The Morgan fingerprint density at radius 2 is 0.600 bits per heavy atom. The van der Waals surface area contributed by atoms with Crippen molar-refractivity contribution in [2.75, 3.05) is 0 Å². The van der Waals surface area contributed by atoms with E-state index in [-0.39, 0.29) is 0 Å². The Morgan fingerprint density at radius 3 is 0.980 bits per heavy atom. The molecule has 0 aliphatic heterocycles. The molecule has 0 heterocycles. The van der Waals surface area contributed by atoms with E-state index in [4.69, 9.17) is 0 Å². The van der Waals surface area contributed by atoms with Gasteiger partial charge < -0.3 is 0 Å². The lowest BCUT2D eigenvalue weighted by Crippen LogP contribution is -2.01. The number of benzene rings is 11. The van der Waals surface area contributed by atoms with E-state index in [0.29, 0.717) is 0 Å². The lowest BCUT2D eigenvalue weighted by molar-refractivity contribution is 1.33. The highest BCUT2D eigenvalue weighted by atomic mass is 79.9. The van der Waals surface area contributed by atoms with Crippen LogP contribution in [0.4, 0.5) is 0 Å². The molecule has 238 valence electrons.